The standard InChI is InChI=1S/C13H20N4O/c1-4-6-14-7-5-13-15-8-12(18-13)11-9-17(3)16-10(11)2/h8-9,14H,4-7H2,1-3H3. The van der Waals surface area contributed by atoms with Gasteiger partial charge in [0.25, 0.3) is 0 Å². The molecule has 0 fully saturated rings. The fraction of sp³-hybridized carbons (Fsp3) is 0.538. The van der Waals surface area contributed by atoms with E-state index < -0.39 is 0 Å². The van der Waals surface area contributed by atoms with Crippen LogP contribution in [-0.4, -0.2) is 27.9 Å². The third-order valence-corrected chi connectivity index (χ3v) is 2.77. The summed E-state index contributed by atoms with van der Waals surface area (Å²) in [7, 11) is 1.91. The van der Waals surface area contributed by atoms with Gasteiger partial charge in [-0.1, -0.05) is 6.92 Å². The average Bonchev–Trinajstić information content (AvgIpc) is 2.91. The highest BCUT2D eigenvalue weighted by molar-refractivity contribution is 5.58. The predicted molar refractivity (Wildman–Crippen MR) is 70.3 cm³/mol. The number of hydrogen-bond donors (Lipinski definition) is 1. The molecule has 0 amide bonds. The van der Waals surface area contributed by atoms with Gasteiger partial charge in [-0.25, -0.2) is 4.98 Å². The molecule has 2 aromatic rings. The Balaban J connectivity index is 1.99. The number of aromatic nitrogens is 3. The molecule has 0 aliphatic heterocycles. The van der Waals surface area contributed by atoms with Gasteiger partial charge in [0.15, 0.2) is 11.7 Å². The predicted octanol–water partition coefficient (Wildman–Crippen LogP) is 1.93. The lowest BCUT2D eigenvalue weighted by atomic mass is 10.2. The molecule has 0 saturated carbocycles. The van der Waals surface area contributed by atoms with Crippen molar-refractivity contribution in [3.05, 3.63) is 24.0 Å². The Morgan fingerprint density at radius 3 is 2.89 bits per heavy atom. The molecule has 18 heavy (non-hydrogen) atoms. The van der Waals surface area contributed by atoms with Gasteiger partial charge in [0.2, 0.25) is 0 Å². The molecule has 0 atom stereocenters. The zero-order valence-corrected chi connectivity index (χ0v) is 11.2. The fourth-order valence-electron chi connectivity index (χ4n) is 1.89. The van der Waals surface area contributed by atoms with Crippen LogP contribution < -0.4 is 5.32 Å². The average molecular weight is 248 g/mol. The van der Waals surface area contributed by atoms with E-state index in [1.807, 2.05) is 20.2 Å². The first kappa shape index (κ1) is 12.8. The van der Waals surface area contributed by atoms with Crippen LogP contribution in [0.1, 0.15) is 24.9 Å². The Kier molecular flexibility index (Phi) is 4.15. The van der Waals surface area contributed by atoms with Crippen molar-refractivity contribution in [2.45, 2.75) is 26.7 Å². The van der Waals surface area contributed by atoms with Crippen molar-refractivity contribution in [1.29, 1.82) is 0 Å². The van der Waals surface area contributed by atoms with Crippen LogP contribution in [0.25, 0.3) is 11.3 Å². The maximum atomic E-state index is 5.74. The third-order valence-electron chi connectivity index (χ3n) is 2.77. The van der Waals surface area contributed by atoms with E-state index in [9.17, 15) is 0 Å². The summed E-state index contributed by atoms with van der Waals surface area (Å²) in [6, 6.07) is 0. The molecule has 0 aliphatic carbocycles. The maximum absolute atomic E-state index is 5.74. The van der Waals surface area contributed by atoms with Crippen molar-refractivity contribution < 1.29 is 4.42 Å². The molecule has 98 valence electrons. The van der Waals surface area contributed by atoms with Crippen LogP contribution in [0.5, 0.6) is 0 Å². The number of nitrogens with one attached hydrogen (secondary N) is 1. The van der Waals surface area contributed by atoms with Gasteiger partial charge in [-0.3, -0.25) is 4.68 Å². The molecular weight excluding hydrogens is 228 g/mol. The molecule has 0 radical (unpaired) electrons. The zero-order chi connectivity index (χ0) is 13.0. The molecule has 2 heterocycles. The van der Waals surface area contributed by atoms with Gasteiger partial charge in [-0.15, -0.1) is 0 Å². The van der Waals surface area contributed by atoms with Gasteiger partial charge in [0.1, 0.15) is 0 Å². The van der Waals surface area contributed by atoms with Crippen LogP contribution in [0.4, 0.5) is 0 Å². The Labute approximate surface area is 107 Å². The minimum atomic E-state index is 0.775. The molecule has 0 aliphatic rings. The van der Waals surface area contributed by atoms with Gasteiger partial charge in [-0.2, -0.15) is 5.10 Å². The monoisotopic (exact) mass is 248 g/mol. The van der Waals surface area contributed by atoms with E-state index in [0.717, 1.165) is 48.8 Å². The lowest BCUT2D eigenvalue weighted by Crippen LogP contribution is -2.17. The van der Waals surface area contributed by atoms with Crippen molar-refractivity contribution in [3.8, 4) is 11.3 Å². The number of rotatable bonds is 6. The van der Waals surface area contributed by atoms with Gasteiger partial charge in [0, 0.05) is 26.2 Å². The van der Waals surface area contributed by atoms with Crippen LogP contribution in [0.3, 0.4) is 0 Å². The number of nitrogens with zero attached hydrogens (tertiary/aromatic N) is 3. The molecule has 0 aromatic carbocycles. The lowest BCUT2D eigenvalue weighted by molar-refractivity contribution is 0.494. The van der Waals surface area contributed by atoms with Crippen molar-refractivity contribution in [3.63, 3.8) is 0 Å². The van der Waals surface area contributed by atoms with E-state index in [0.29, 0.717) is 0 Å². The summed E-state index contributed by atoms with van der Waals surface area (Å²) in [4.78, 5) is 4.30. The molecule has 0 saturated heterocycles. The topological polar surface area (TPSA) is 55.9 Å². The van der Waals surface area contributed by atoms with E-state index in [1.54, 1.807) is 10.9 Å². The summed E-state index contributed by atoms with van der Waals surface area (Å²) < 4.78 is 7.53. The molecule has 2 rings (SSSR count). The van der Waals surface area contributed by atoms with E-state index in [1.165, 1.54) is 0 Å². The third kappa shape index (κ3) is 2.98. The van der Waals surface area contributed by atoms with Crippen molar-refractivity contribution in [2.75, 3.05) is 13.1 Å². The van der Waals surface area contributed by atoms with Crippen LogP contribution in [0.2, 0.25) is 0 Å². The number of aryl methyl sites for hydroxylation is 2. The molecule has 5 nitrogen and oxygen atoms in total. The van der Waals surface area contributed by atoms with Crippen LogP contribution in [0, 0.1) is 6.92 Å². The molecule has 1 N–H and O–H groups in total. The molecule has 5 heteroatoms. The summed E-state index contributed by atoms with van der Waals surface area (Å²) in [5.41, 5.74) is 1.97. The summed E-state index contributed by atoms with van der Waals surface area (Å²) in [5.74, 6) is 1.57. The minimum Gasteiger partial charge on any atom is -0.441 e. The van der Waals surface area contributed by atoms with Crippen LogP contribution in [0.15, 0.2) is 16.8 Å². The Bertz CT molecular complexity index is 501. The minimum absolute atomic E-state index is 0.775. The fourth-order valence-corrected chi connectivity index (χ4v) is 1.89. The van der Waals surface area contributed by atoms with Crippen molar-refractivity contribution >= 4 is 0 Å². The van der Waals surface area contributed by atoms with Crippen molar-refractivity contribution in [2.24, 2.45) is 7.05 Å². The van der Waals surface area contributed by atoms with Crippen LogP contribution >= 0.6 is 0 Å². The summed E-state index contributed by atoms with van der Waals surface area (Å²) in [5, 5.41) is 7.63. The second kappa shape index (κ2) is 5.82. The highest BCUT2D eigenvalue weighted by atomic mass is 16.4. The van der Waals surface area contributed by atoms with Crippen molar-refractivity contribution in [1.82, 2.24) is 20.1 Å². The van der Waals surface area contributed by atoms with Gasteiger partial charge < -0.3 is 9.73 Å². The quantitative estimate of drug-likeness (QED) is 0.794. The van der Waals surface area contributed by atoms with E-state index in [2.05, 4.69) is 22.3 Å². The highest BCUT2D eigenvalue weighted by Gasteiger charge is 2.11. The Hall–Kier alpha value is -1.62. The number of oxazole rings is 1. The van der Waals surface area contributed by atoms with Gasteiger partial charge in [0.05, 0.1) is 17.5 Å². The van der Waals surface area contributed by atoms with E-state index in [4.69, 9.17) is 4.42 Å². The second-order valence-electron chi connectivity index (χ2n) is 4.42. The van der Waals surface area contributed by atoms with E-state index >= 15 is 0 Å². The zero-order valence-electron chi connectivity index (χ0n) is 11.2. The smallest absolute Gasteiger partial charge is 0.196 e. The first-order valence-electron chi connectivity index (χ1n) is 6.36. The molecule has 0 spiro atoms. The molecule has 0 bridgehead atoms. The largest absolute Gasteiger partial charge is 0.441 e. The number of hydrogen-bond acceptors (Lipinski definition) is 4. The molecule has 2 aromatic heterocycles. The first-order chi connectivity index (χ1) is 8.70. The summed E-state index contributed by atoms with van der Waals surface area (Å²) in [6.45, 7) is 6.07. The van der Waals surface area contributed by atoms with Gasteiger partial charge >= 0.3 is 0 Å². The summed E-state index contributed by atoms with van der Waals surface area (Å²) >= 11 is 0. The highest BCUT2D eigenvalue weighted by Crippen LogP contribution is 2.22. The van der Waals surface area contributed by atoms with E-state index in [-0.39, 0.29) is 0 Å². The Morgan fingerprint density at radius 2 is 2.22 bits per heavy atom. The Morgan fingerprint density at radius 1 is 1.39 bits per heavy atom. The SMILES string of the molecule is CCCNCCc1ncc(-c2cn(C)nc2C)o1. The molecule has 0 unspecified atom stereocenters. The molecular formula is C13H20N4O. The second-order valence-corrected chi connectivity index (χ2v) is 4.42. The maximum Gasteiger partial charge on any atom is 0.196 e. The lowest BCUT2D eigenvalue weighted by Gasteiger charge is -1.99. The normalized spacial score (nSPS) is 11.1. The first-order valence-corrected chi connectivity index (χ1v) is 6.36. The van der Waals surface area contributed by atoms with Crippen LogP contribution in [-0.2, 0) is 13.5 Å². The van der Waals surface area contributed by atoms with Gasteiger partial charge in [-0.05, 0) is 19.9 Å². The summed E-state index contributed by atoms with van der Waals surface area (Å²) in [6.07, 6.45) is 5.69.